The van der Waals surface area contributed by atoms with E-state index in [1.165, 1.54) is 12.3 Å². The fourth-order valence-electron chi connectivity index (χ4n) is 3.64. The molecule has 2 heterocycles. The van der Waals surface area contributed by atoms with Gasteiger partial charge in [-0.2, -0.15) is 0 Å². The van der Waals surface area contributed by atoms with Crippen LogP contribution < -0.4 is 16.4 Å². The van der Waals surface area contributed by atoms with Gasteiger partial charge in [-0.3, -0.25) is 0 Å². The summed E-state index contributed by atoms with van der Waals surface area (Å²) < 4.78 is 25.7. The lowest BCUT2D eigenvalue weighted by Gasteiger charge is -2.39. The number of carbonyl (C=O) groups is 1. The van der Waals surface area contributed by atoms with Gasteiger partial charge in [0.15, 0.2) is 5.82 Å². The van der Waals surface area contributed by atoms with Gasteiger partial charge in [-0.15, -0.1) is 11.3 Å². The Morgan fingerprint density at radius 1 is 1.27 bits per heavy atom. The van der Waals surface area contributed by atoms with E-state index in [0.29, 0.717) is 35.6 Å². The molecule has 3 aromatic rings. The number of nitrogens with zero attached hydrogens (tertiary/aromatic N) is 3. The lowest BCUT2D eigenvalue weighted by molar-refractivity contribution is 0.229. The Hall–Kier alpha value is -3.09. The Morgan fingerprint density at radius 3 is 2.58 bits per heavy atom. The number of hydrogen-bond acceptors (Lipinski definition) is 9. The zero-order chi connectivity index (χ0) is 23.6. The third kappa shape index (κ3) is 4.41. The first-order valence-corrected chi connectivity index (χ1v) is 12.7. The Morgan fingerprint density at radius 2 is 2.00 bits per heavy atom. The molecule has 1 atom stereocenters. The summed E-state index contributed by atoms with van der Waals surface area (Å²) in [6, 6.07) is 7.50. The van der Waals surface area contributed by atoms with E-state index in [4.69, 9.17) is 10.8 Å². The summed E-state index contributed by atoms with van der Waals surface area (Å²) in [5.41, 5.74) is 7.57. The first-order valence-electron chi connectivity index (χ1n) is 10.3. The normalized spacial score (nSPS) is 15.9. The molecule has 0 bridgehead atoms. The van der Waals surface area contributed by atoms with Crippen molar-refractivity contribution in [2.24, 2.45) is 0 Å². The van der Waals surface area contributed by atoms with E-state index < -0.39 is 20.6 Å². The fourth-order valence-corrected chi connectivity index (χ4v) is 6.89. The summed E-state index contributed by atoms with van der Waals surface area (Å²) >= 11 is 1.09. The van der Waals surface area contributed by atoms with E-state index in [1.807, 2.05) is 0 Å². The molecule has 1 saturated carbocycles. The monoisotopic (exact) mass is 488 g/mol. The highest BCUT2D eigenvalue weighted by atomic mass is 32.2. The van der Waals surface area contributed by atoms with Gasteiger partial charge >= 0.3 is 6.03 Å². The number of thiazole rings is 1. The van der Waals surface area contributed by atoms with Gasteiger partial charge in [-0.1, -0.05) is 0 Å². The molecule has 1 fully saturated rings. The van der Waals surface area contributed by atoms with Crippen LogP contribution in [0, 0.1) is 0 Å². The minimum Gasteiger partial charge on any atom is -0.394 e. The molecule has 0 aliphatic heterocycles. The van der Waals surface area contributed by atoms with Gasteiger partial charge in [0.05, 0.1) is 18.3 Å². The lowest BCUT2D eigenvalue weighted by Crippen LogP contribution is -2.43. The van der Waals surface area contributed by atoms with Crippen LogP contribution in [0.4, 0.5) is 16.3 Å². The molecule has 2 aromatic heterocycles. The first-order chi connectivity index (χ1) is 15.7. The van der Waals surface area contributed by atoms with Gasteiger partial charge in [-0.05, 0) is 50.5 Å². The van der Waals surface area contributed by atoms with Crippen LogP contribution in [0.15, 0.2) is 46.2 Å². The third-order valence-electron chi connectivity index (χ3n) is 5.58. The van der Waals surface area contributed by atoms with E-state index in [-0.39, 0.29) is 22.8 Å². The second-order valence-electron chi connectivity index (χ2n) is 7.91. The van der Waals surface area contributed by atoms with E-state index in [2.05, 4.69) is 25.6 Å². The van der Waals surface area contributed by atoms with E-state index in [1.54, 1.807) is 36.6 Å². The number of sulfone groups is 1. The highest BCUT2D eigenvalue weighted by Gasteiger charge is 2.53. The Bertz CT molecular complexity index is 1240. The number of urea groups is 1. The van der Waals surface area contributed by atoms with Crippen LogP contribution >= 0.6 is 11.3 Å². The first kappa shape index (κ1) is 23.1. The number of hydrogen-bond donors (Lipinski definition) is 4. The van der Waals surface area contributed by atoms with Crippen LogP contribution in [-0.2, 0) is 14.6 Å². The summed E-state index contributed by atoms with van der Waals surface area (Å²) in [6.07, 6.45) is 3.12. The number of aromatic nitrogens is 3. The molecule has 0 saturated heterocycles. The van der Waals surface area contributed by atoms with Crippen LogP contribution in [0.1, 0.15) is 31.9 Å². The highest BCUT2D eigenvalue weighted by molar-refractivity contribution is 7.94. The number of nitrogen functional groups attached to an aromatic ring is 1. The number of nitrogens with two attached hydrogens (primary N) is 1. The zero-order valence-corrected chi connectivity index (χ0v) is 19.5. The van der Waals surface area contributed by atoms with Crippen molar-refractivity contribution in [2.75, 3.05) is 17.7 Å². The number of aliphatic hydroxyl groups is 1. The van der Waals surface area contributed by atoms with Crippen molar-refractivity contribution in [1.29, 1.82) is 0 Å². The van der Waals surface area contributed by atoms with Gasteiger partial charge in [0, 0.05) is 28.9 Å². The van der Waals surface area contributed by atoms with Crippen molar-refractivity contribution >= 4 is 38.7 Å². The van der Waals surface area contributed by atoms with Crippen molar-refractivity contribution in [3.8, 4) is 11.4 Å². The SMILES string of the molecule is C[C@H](CO)NC(=O)Nc1ccc(-c2nc(N)cc(C3(S(=O)(=O)c4nccs4)CCC3)n2)cc1. The second kappa shape index (κ2) is 9.04. The van der Waals surface area contributed by atoms with Crippen molar-refractivity contribution in [1.82, 2.24) is 20.3 Å². The third-order valence-corrected chi connectivity index (χ3v) is 9.30. The van der Waals surface area contributed by atoms with Crippen LogP contribution in [-0.4, -0.2) is 47.2 Å². The standard InChI is InChI=1S/C21H24N6O4S2/c1-13(12-28)24-19(29)25-15-5-3-14(4-6-15)18-26-16(11-17(22)27-18)21(7-2-8-21)33(30,31)20-23-9-10-32-20/h3-6,9-11,13,28H,2,7-8,12H2,1H3,(H2,22,26,27)(H2,24,25,29)/t13-/m1/s1. The summed E-state index contributed by atoms with van der Waals surface area (Å²) in [7, 11) is -3.73. The molecule has 0 unspecified atom stereocenters. The van der Waals surface area contributed by atoms with Crippen LogP contribution in [0.3, 0.4) is 0 Å². The quantitative estimate of drug-likeness (QED) is 0.395. The van der Waals surface area contributed by atoms with Crippen molar-refractivity contribution in [3.05, 3.63) is 47.6 Å². The van der Waals surface area contributed by atoms with E-state index in [9.17, 15) is 13.2 Å². The predicted molar refractivity (Wildman–Crippen MR) is 125 cm³/mol. The maximum absolute atomic E-state index is 13.4. The van der Waals surface area contributed by atoms with Crippen LogP contribution in [0.5, 0.6) is 0 Å². The molecule has 0 spiro atoms. The Kier molecular flexibility index (Phi) is 6.32. The summed E-state index contributed by atoms with van der Waals surface area (Å²) in [4.78, 5) is 24.8. The van der Waals surface area contributed by atoms with Crippen LogP contribution in [0.25, 0.3) is 11.4 Å². The number of rotatable bonds is 7. The molecule has 4 rings (SSSR count). The number of aliphatic hydroxyl groups excluding tert-OH is 1. The van der Waals surface area contributed by atoms with Gasteiger partial charge < -0.3 is 21.5 Å². The molecule has 10 nitrogen and oxygen atoms in total. The lowest BCUT2D eigenvalue weighted by atomic mass is 9.81. The van der Waals surface area contributed by atoms with E-state index in [0.717, 1.165) is 17.8 Å². The minimum absolute atomic E-state index is 0.0742. The molecule has 1 aromatic carbocycles. The molecule has 2 amide bonds. The van der Waals surface area contributed by atoms with Gasteiger partial charge in [-0.25, -0.2) is 28.2 Å². The number of anilines is 2. The molecular formula is C21H24N6O4S2. The molecule has 0 radical (unpaired) electrons. The summed E-state index contributed by atoms with van der Waals surface area (Å²) in [6.45, 7) is 1.52. The fraction of sp³-hybridized carbons (Fsp3) is 0.333. The van der Waals surface area contributed by atoms with Gasteiger partial charge in [0.25, 0.3) is 0 Å². The smallest absolute Gasteiger partial charge is 0.319 e. The van der Waals surface area contributed by atoms with Crippen LogP contribution in [0.2, 0.25) is 0 Å². The summed E-state index contributed by atoms with van der Waals surface area (Å²) in [5, 5.41) is 15.9. The molecule has 1 aliphatic carbocycles. The van der Waals surface area contributed by atoms with Crippen molar-refractivity contribution in [2.45, 2.75) is 41.3 Å². The average Bonchev–Trinajstić information content (AvgIpc) is 3.28. The van der Waals surface area contributed by atoms with Crippen molar-refractivity contribution in [3.63, 3.8) is 0 Å². The van der Waals surface area contributed by atoms with Crippen molar-refractivity contribution < 1.29 is 18.3 Å². The second-order valence-corrected chi connectivity index (χ2v) is 11.2. The molecule has 5 N–H and O–H groups in total. The average molecular weight is 489 g/mol. The number of nitrogens with one attached hydrogen (secondary N) is 2. The molecular weight excluding hydrogens is 464 g/mol. The highest BCUT2D eigenvalue weighted by Crippen LogP contribution is 2.50. The number of amides is 2. The molecule has 1 aliphatic rings. The minimum atomic E-state index is -3.73. The maximum Gasteiger partial charge on any atom is 0.319 e. The van der Waals surface area contributed by atoms with Gasteiger partial charge in [0.1, 0.15) is 10.6 Å². The largest absolute Gasteiger partial charge is 0.394 e. The van der Waals surface area contributed by atoms with Gasteiger partial charge in [0.2, 0.25) is 14.2 Å². The number of carbonyl (C=O) groups excluding carboxylic acids is 1. The number of benzene rings is 1. The Labute approximate surface area is 195 Å². The predicted octanol–water partition coefficient (Wildman–Crippen LogP) is 2.54. The molecule has 174 valence electrons. The van der Waals surface area contributed by atoms with E-state index >= 15 is 0 Å². The topological polar surface area (TPSA) is 160 Å². The molecule has 33 heavy (non-hydrogen) atoms. The Balaban J connectivity index is 1.62. The zero-order valence-electron chi connectivity index (χ0n) is 17.9. The molecule has 12 heteroatoms. The summed E-state index contributed by atoms with van der Waals surface area (Å²) in [5.74, 6) is 0.478. The maximum atomic E-state index is 13.4.